The van der Waals surface area contributed by atoms with E-state index < -0.39 is 10.8 Å². The maximum absolute atomic E-state index is 13.3. The maximum atomic E-state index is 13.3. The number of hydrogen-bond acceptors (Lipinski definition) is 7. The van der Waals surface area contributed by atoms with Gasteiger partial charge in [-0.05, 0) is 36.4 Å². The predicted octanol–water partition coefficient (Wildman–Crippen LogP) is 5.80. The summed E-state index contributed by atoms with van der Waals surface area (Å²) in [5, 5.41) is 15.0. The molecule has 1 N–H and O–H groups in total. The van der Waals surface area contributed by atoms with Crippen molar-refractivity contribution < 1.29 is 18.9 Å². The molecule has 1 aromatic heterocycles. The van der Waals surface area contributed by atoms with Crippen molar-refractivity contribution in [2.75, 3.05) is 36.5 Å². The zero-order chi connectivity index (χ0) is 24.5. The maximum Gasteiger partial charge on any atom is 0.270 e. The average Bonchev–Trinajstić information content (AvgIpc) is 3.29. The number of rotatable bonds is 5. The van der Waals surface area contributed by atoms with Gasteiger partial charge in [0, 0.05) is 41.5 Å². The summed E-state index contributed by atoms with van der Waals surface area (Å²) in [6.45, 7) is 2.19. The number of nitro benzene ring substituents is 1. The molecule has 0 unspecified atom stereocenters. The molecule has 1 aliphatic heterocycles. The first-order valence-electron chi connectivity index (χ1n) is 10.7. The van der Waals surface area contributed by atoms with Crippen LogP contribution in [0.5, 0.6) is 0 Å². The fraction of sp³-hybridized carbons (Fsp3) is 0.167. The quantitative estimate of drug-likeness (QED) is 0.265. The van der Waals surface area contributed by atoms with E-state index in [0.717, 1.165) is 0 Å². The number of carbonyl (C=O) groups excluding carboxylic acids is 1. The Labute approximate surface area is 209 Å². The number of anilines is 2. The number of morpholine rings is 1. The molecule has 0 bridgehead atoms. The van der Waals surface area contributed by atoms with Crippen molar-refractivity contribution in [3.05, 3.63) is 80.3 Å². The van der Waals surface area contributed by atoms with Gasteiger partial charge in [-0.15, -0.1) is 0 Å². The monoisotopic (exact) mass is 512 g/mol. The molecule has 35 heavy (non-hydrogen) atoms. The molecule has 5 rings (SSSR count). The van der Waals surface area contributed by atoms with Gasteiger partial charge in [-0.3, -0.25) is 14.9 Å². The minimum Gasteiger partial charge on any atom is -0.435 e. The SMILES string of the molecule is O=C(Nc1cccc(-c2nc3cc(Cl)cc(Cl)c3o2)c1)c1cc([N+](=O)[O-])ccc1N1CCOCC1. The fourth-order valence-electron chi connectivity index (χ4n) is 3.91. The second-order valence-electron chi connectivity index (χ2n) is 7.85. The number of non-ortho nitro benzene ring substituents is 1. The Balaban J connectivity index is 1.46. The fourth-order valence-corrected chi connectivity index (χ4v) is 4.43. The Bertz CT molecular complexity index is 1450. The van der Waals surface area contributed by atoms with E-state index in [1.54, 1.807) is 42.5 Å². The minimum atomic E-state index is -0.523. The van der Waals surface area contributed by atoms with Crippen LogP contribution in [0.2, 0.25) is 10.0 Å². The van der Waals surface area contributed by atoms with Gasteiger partial charge in [0.2, 0.25) is 5.89 Å². The first-order valence-corrected chi connectivity index (χ1v) is 11.4. The van der Waals surface area contributed by atoms with Crippen LogP contribution in [-0.4, -0.2) is 42.1 Å². The lowest BCUT2D eigenvalue weighted by molar-refractivity contribution is -0.384. The number of amides is 1. The molecule has 1 aliphatic rings. The molecule has 0 atom stereocenters. The van der Waals surface area contributed by atoms with Crippen molar-refractivity contribution >= 4 is 57.3 Å². The highest BCUT2D eigenvalue weighted by Gasteiger charge is 2.22. The highest BCUT2D eigenvalue weighted by atomic mass is 35.5. The van der Waals surface area contributed by atoms with Crippen LogP contribution in [0.1, 0.15) is 10.4 Å². The first kappa shape index (κ1) is 23.1. The highest BCUT2D eigenvalue weighted by Crippen LogP contribution is 2.33. The molecule has 1 amide bonds. The Morgan fingerprint density at radius 3 is 2.66 bits per heavy atom. The van der Waals surface area contributed by atoms with E-state index in [2.05, 4.69) is 10.3 Å². The van der Waals surface area contributed by atoms with E-state index in [1.165, 1.54) is 12.1 Å². The lowest BCUT2D eigenvalue weighted by Crippen LogP contribution is -2.37. The van der Waals surface area contributed by atoms with Gasteiger partial charge < -0.3 is 19.4 Å². The molecule has 1 fully saturated rings. The largest absolute Gasteiger partial charge is 0.435 e. The molecular weight excluding hydrogens is 495 g/mol. The Hall–Kier alpha value is -3.66. The third kappa shape index (κ3) is 4.79. The molecule has 178 valence electrons. The summed E-state index contributed by atoms with van der Waals surface area (Å²) < 4.78 is 11.2. The Morgan fingerprint density at radius 1 is 1.09 bits per heavy atom. The zero-order valence-corrected chi connectivity index (χ0v) is 19.7. The van der Waals surface area contributed by atoms with Crippen LogP contribution in [0.4, 0.5) is 17.1 Å². The second-order valence-corrected chi connectivity index (χ2v) is 8.69. The molecule has 0 saturated carbocycles. The van der Waals surface area contributed by atoms with Gasteiger partial charge in [0.25, 0.3) is 11.6 Å². The molecular formula is C24H18Cl2N4O5. The number of hydrogen-bond donors (Lipinski definition) is 1. The summed E-state index contributed by atoms with van der Waals surface area (Å²) in [5.41, 5.74) is 2.65. The van der Waals surface area contributed by atoms with Crippen LogP contribution in [0, 0.1) is 10.1 Å². The van der Waals surface area contributed by atoms with Gasteiger partial charge in [-0.25, -0.2) is 4.98 Å². The van der Waals surface area contributed by atoms with E-state index in [4.69, 9.17) is 32.4 Å². The first-order chi connectivity index (χ1) is 16.9. The smallest absolute Gasteiger partial charge is 0.270 e. The minimum absolute atomic E-state index is 0.164. The van der Waals surface area contributed by atoms with Crippen molar-refractivity contribution in [2.45, 2.75) is 0 Å². The predicted molar refractivity (Wildman–Crippen MR) is 134 cm³/mol. The third-order valence-corrected chi connectivity index (χ3v) is 6.06. The summed E-state index contributed by atoms with van der Waals surface area (Å²) in [6, 6.07) is 14.4. The lowest BCUT2D eigenvalue weighted by atomic mass is 10.1. The van der Waals surface area contributed by atoms with Gasteiger partial charge in [-0.2, -0.15) is 0 Å². The number of oxazole rings is 1. The third-order valence-electron chi connectivity index (χ3n) is 5.56. The van der Waals surface area contributed by atoms with Gasteiger partial charge in [0.05, 0.1) is 34.4 Å². The highest BCUT2D eigenvalue weighted by molar-refractivity contribution is 6.38. The van der Waals surface area contributed by atoms with E-state index in [0.29, 0.717) is 70.3 Å². The van der Waals surface area contributed by atoms with Crippen LogP contribution in [-0.2, 0) is 4.74 Å². The van der Waals surface area contributed by atoms with E-state index >= 15 is 0 Å². The zero-order valence-electron chi connectivity index (χ0n) is 18.2. The number of halogens is 2. The number of nitrogens with zero attached hydrogens (tertiary/aromatic N) is 3. The molecule has 0 spiro atoms. The van der Waals surface area contributed by atoms with E-state index in [-0.39, 0.29) is 11.3 Å². The number of carbonyl (C=O) groups is 1. The molecule has 0 radical (unpaired) electrons. The Morgan fingerprint density at radius 2 is 1.89 bits per heavy atom. The number of nitrogens with one attached hydrogen (secondary N) is 1. The van der Waals surface area contributed by atoms with Gasteiger partial charge in [0.15, 0.2) is 5.58 Å². The van der Waals surface area contributed by atoms with Crippen LogP contribution in [0.3, 0.4) is 0 Å². The molecule has 2 heterocycles. The number of nitro groups is 1. The van der Waals surface area contributed by atoms with Crippen molar-refractivity contribution in [2.24, 2.45) is 0 Å². The van der Waals surface area contributed by atoms with Gasteiger partial charge in [0.1, 0.15) is 5.52 Å². The number of fused-ring (bicyclic) bond motifs is 1. The van der Waals surface area contributed by atoms with Crippen LogP contribution in [0.15, 0.2) is 59.0 Å². The molecule has 9 nitrogen and oxygen atoms in total. The van der Waals surface area contributed by atoms with E-state index in [9.17, 15) is 14.9 Å². The second kappa shape index (κ2) is 9.53. The molecule has 3 aromatic carbocycles. The average molecular weight is 513 g/mol. The molecule has 4 aromatic rings. The number of aromatic nitrogens is 1. The van der Waals surface area contributed by atoms with E-state index in [1.807, 2.05) is 4.90 Å². The van der Waals surface area contributed by atoms with Crippen molar-refractivity contribution in [3.8, 4) is 11.5 Å². The summed E-state index contributed by atoms with van der Waals surface area (Å²) >= 11 is 12.3. The van der Waals surface area contributed by atoms with Crippen molar-refractivity contribution in [1.82, 2.24) is 4.98 Å². The van der Waals surface area contributed by atoms with Crippen LogP contribution in [0.25, 0.3) is 22.6 Å². The molecule has 0 aliphatic carbocycles. The topological polar surface area (TPSA) is 111 Å². The summed E-state index contributed by atoms with van der Waals surface area (Å²) in [6.07, 6.45) is 0. The molecule has 1 saturated heterocycles. The van der Waals surface area contributed by atoms with Crippen molar-refractivity contribution in [1.29, 1.82) is 0 Å². The van der Waals surface area contributed by atoms with Crippen molar-refractivity contribution in [3.63, 3.8) is 0 Å². The number of benzene rings is 3. The standard InChI is InChI=1S/C24H18Cl2N4O5/c25-15-11-19(26)22-20(12-15)28-24(35-22)14-2-1-3-16(10-14)27-23(31)18-13-17(30(32)33)4-5-21(18)29-6-8-34-9-7-29/h1-5,10-13H,6-9H2,(H,27,31). The summed E-state index contributed by atoms with van der Waals surface area (Å²) in [7, 11) is 0. The van der Waals surface area contributed by atoms with Gasteiger partial charge >= 0.3 is 0 Å². The molecule has 11 heteroatoms. The Kier molecular flexibility index (Phi) is 6.29. The summed E-state index contributed by atoms with van der Waals surface area (Å²) in [4.78, 5) is 30.5. The normalized spacial score (nSPS) is 13.7. The van der Waals surface area contributed by atoms with Gasteiger partial charge in [-0.1, -0.05) is 29.3 Å². The number of ether oxygens (including phenoxy) is 1. The summed E-state index contributed by atoms with van der Waals surface area (Å²) in [5.74, 6) is -0.163. The lowest BCUT2D eigenvalue weighted by Gasteiger charge is -2.30. The van der Waals surface area contributed by atoms with Crippen LogP contribution >= 0.6 is 23.2 Å². The van der Waals surface area contributed by atoms with Crippen LogP contribution < -0.4 is 10.2 Å².